The van der Waals surface area contributed by atoms with Crippen LogP contribution in [0.5, 0.6) is 0 Å². The van der Waals surface area contributed by atoms with Gasteiger partial charge in [-0.25, -0.2) is 4.79 Å². The summed E-state index contributed by atoms with van der Waals surface area (Å²) in [7, 11) is 0. The highest BCUT2D eigenvalue weighted by molar-refractivity contribution is 6.01. The van der Waals surface area contributed by atoms with Crippen molar-refractivity contribution in [2.75, 3.05) is 5.32 Å². The first-order valence-corrected chi connectivity index (χ1v) is 16.1. The third kappa shape index (κ3) is 10.3. The van der Waals surface area contributed by atoms with Crippen LogP contribution in [0.15, 0.2) is 63.9 Å². The Morgan fingerprint density at radius 3 is 2.17 bits per heavy atom. The van der Waals surface area contributed by atoms with Gasteiger partial charge in [-0.1, -0.05) is 18.2 Å². The number of nitrogens with one attached hydrogen (secondary N) is 6. The molecule has 4 atom stereocenters. The normalized spacial score (nSPS) is 13.3. The molecule has 0 aliphatic heterocycles. The number of aliphatic carboxylic acids is 2. The van der Waals surface area contributed by atoms with E-state index < -0.39 is 84.1 Å². The van der Waals surface area contributed by atoms with Gasteiger partial charge >= 0.3 is 17.6 Å². The van der Waals surface area contributed by atoms with E-state index in [0.717, 1.165) is 10.9 Å². The quantitative estimate of drug-likeness (QED) is 0.0760. The molecule has 17 heteroatoms. The lowest BCUT2D eigenvalue weighted by Gasteiger charge is -2.25. The van der Waals surface area contributed by atoms with E-state index in [1.807, 2.05) is 18.2 Å². The molecule has 2 aromatic heterocycles. The van der Waals surface area contributed by atoms with Crippen molar-refractivity contribution in [2.24, 2.45) is 0 Å². The molecule has 0 spiro atoms. The number of hydrogen-bond donors (Lipinski definition) is 8. The van der Waals surface area contributed by atoms with Crippen LogP contribution in [-0.4, -0.2) is 80.8 Å². The summed E-state index contributed by atoms with van der Waals surface area (Å²) >= 11 is 0. The summed E-state index contributed by atoms with van der Waals surface area (Å²) in [6.45, 7) is 4.15. The number of hydrogen-bond acceptors (Lipinski definition) is 9. The number of carboxylic acid groups (broad SMARTS) is 2. The number of anilines is 1. The first-order valence-electron chi connectivity index (χ1n) is 16.1. The second kappa shape index (κ2) is 16.9. The van der Waals surface area contributed by atoms with Crippen molar-refractivity contribution in [3.63, 3.8) is 0 Å². The molecule has 0 aliphatic carbocycles. The van der Waals surface area contributed by atoms with Crippen LogP contribution >= 0.6 is 0 Å². The van der Waals surface area contributed by atoms with E-state index in [4.69, 9.17) is 4.42 Å². The van der Waals surface area contributed by atoms with Crippen LogP contribution < -0.4 is 32.2 Å². The van der Waals surface area contributed by atoms with Crippen LogP contribution in [0.3, 0.4) is 0 Å². The fourth-order valence-electron chi connectivity index (χ4n) is 5.48. The van der Waals surface area contributed by atoms with Crippen molar-refractivity contribution in [1.29, 1.82) is 0 Å². The van der Waals surface area contributed by atoms with E-state index in [-0.39, 0.29) is 24.1 Å². The molecular weight excluding hydrogens is 680 g/mol. The molecule has 274 valence electrons. The van der Waals surface area contributed by atoms with Crippen LogP contribution in [0, 0.1) is 6.92 Å². The van der Waals surface area contributed by atoms with Crippen molar-refractivity contribution in [3.8, 4) is 0 Å². The molecule has 8 N–H and O–H groups in total. The number of fused-ring (bicyclic) bond motifs is 2. The highest BCUT2D eigenvalue weighted by Gasteiger charge is 2.31. The topological polar surface area (TPSA) is 266 Å². The summed E-state index contributed by atoms with van der Waals surface area (Å²) in [5.41, 5.74) is 1.85. The maximum Gasteiger partial charge on any atom is 0.336 e. The van der Waals surface area contributed by atoms with Gasteiger partial charge in [-0.15, -0.1) is 0 Å². The zero-order valence-electron chi connectivity index (χ0n) is 28.4. The highest BCUT2D eigenvalue weighted by atomic mass is 16.4. The Morgan fingerprint density at radius 1 is 0.788 bits per heavy atom. The monoisotopic (exact) mass is 718 g/mol. The number of carbonyl (C=O) groups is 7. The molecule has 17 nitrogen and oxygen atoms in total. The molecule has 2 aromatic carbocycles. The summed E-state index contributed by atoms with van der Waals surface area (Å²) < 4.78 is 5.18. The molecule has 0 aliphatic rings. The maximum absolute atomic E-state index is 13.4. The van der Waals surface area contributed by atoms with Gasteiger partial charge in [0.2, 0.25) is 29.5 Å². The number of H-pyrrole nitrogens is 1. The molecule has 0 saturated carbocycles. The van der Waals surface area contributed by atoms with Crippen LogP contribution in [-0.2, 0) is 40.0 Å². The van der Waals surface area contributed by atoms with Gasteiger partial charge in [-0.3, -0.25) is 33.6 Å². The van der Waals surface area contributed by atoms with E-state index in [1.54, 1.807) is 25.3 Å². The van der Waals surface area contributed by atoms with E-state index >= 15 is 0 Å². The Balaban J connectivity index is 1.44. The molecule has 0 saturated heterocycles. The maximum atomic E-state index is 13.4. The lowest BCUT2D eigenvalue weighted by Crippen LogP contribution is -2.57. The van der Waals surface area contributed by atoms with Crippen LogP contribution in [0.2, 0.25) is 0 Å². The van der Waals surface area contributed by atoms with Gasteiger partial charge in [-0.2, -0.15) is 0 Å². The largest absolute Gasteiger partial charge is 0.481 e. The minimum absolute atomic E-state index is 0.0296. The molecular formula is C35H38N6O11. The molecule has 4 rings (SSSR count). The number of carboxylic acids is 2. The van der Waals surface area contributed by atoms with Gasteiger partial charge in [0, 0.05) is 60.1 Å². The molecule has 4 aromatic rings. The van der Waals surface area contributed by atoms with E-state index in [9.17, 15) is 48.6 Å². The number of aromatic amines is 1. The minimum atomic E-state index is -1.62. The molecule has 2 heterocycles. The van der Waals surface area contributed by atoms with Gasteiger partial charge in [0.25, 0.3) is 0 Å². The van der Waals surface area contributed by atoms with E-state index in [1.165, 1.54) is 32.0 Å². The highest BCUT2D eigenvalue weighted by Crippen LogP contribution is 2.22. The number of carbonyl (C=O) groups excluding carboxylic acids is 5. The standard InChI is InChI=1S/C35H38N6O11/c1-17-12-31(47)52-28-14-21(8-9-22(17)28)39-34(50)27(15-30(45)46)41-32(48)18(2)37-33(49)25(10-11-29(43)44)40-35(51)26(38-19(3)42)13-20-16-36-24-7-5-4-6-23(20)24/h4-9,12,14,16,18,25-27,36H,10-11,13,15H2,1-3H3,(H,37,49)(H,38,42)(H,39,50)(H,40,51)(H,41,48)(H,43,44)(H,45,46)/t18-,25-,26-,27-/m0/s1. The Bertz CT molecular complexity index is 2090. The number of para-hydroxylation sites is 1. The zero-order valence-corrected chi connectivity index (χ0v) is 28.4. The van der Waals surface area contributed by atoms with Crippen molar-refractivity contribution >= 4 is 69.0 Å². The number of benzene rings is 2. The summed E-state index contributed by atoms with van der Waals surface area (Å²) in [6, 6.07) is 7.42. The van der Waals surface area contributed by atoms with Crippen LogP contribution in [0.25, 0.3) is 21.9 Å². The zero-order chi connectivity index (χ0) is 38.1. The fourth-order valence-corrected chi connectivity index (χ4v) is 5.48. The Kier molecular flexibility index (Phi) is 12.5. The van der Waals surface area contributed by atoms with Crippen LogP contribution in [0.4, 0.5) is 5.69 Å². The molecule has 0 unspecified atom stereocenters. The summed E-state index contributed by atoms with van der Waals surface area (Å²) in [5.74, 6) is -6.83. The average molecular weight is 719 g/mol. The van der Waals surface area contributed by atoms with Gasteiger partial charge < -0.3 is 46.2 Å². The van der Waals surface area contributed by atoms with E-state index in [0.29, 0.717) is 16.5 Å². The Morgan fingerprint density at radius 2 is 1.48 bits per heavy atom. The minimum Gasteiger partial charge on any atom is -0.481 e. The molecule has 0 bridgehead atoms. The van der Waals surface area contributed by atoms with E-state index in [2.05, 4.69) is 31.6 Å². The summed E-state index contributed by atoms with van der Waals surface area (Å²) in [6.07, 6.45) is -0.0388. The van der Waals surface area contributed by atoms with Gasteiger partial charge in [0.1, 0.15) is 29.8 Å². The predicted molar refractivity (Wildman–Crippen MR) is 186 cm³/mol. The third-order valence-electron chi connectivity index (χ3n) is 8.06. The SMILES string of the molecule is CC(=O)N[C@@H](Cc1c[nH]c2ccccc12)C(=O)N[C@@H](CCC(=O)O)C(=O)N[C@@H](C)C(=O)N[C@@H](CC(=O)O)C(=O)Nc1ccc2c(C)cc(=O)oc2c1. The first-order chi connectivity index (χ1) is 24.6. The lowest BCUT2D eigenvalue weighted by molar-refractivity contribution is -0.140. The average Bonchev–Trinajstić information content (AvgIpc) is 3.47. The number of rotatable bonds is 16. The smallest absolute Gasteiger partial charge is 0.336 e. The van der Waals surface area contributed by atoms with Gasteiger partial charge in [-0.05, 0) is 49.6 Å². The Labute approximate surface area is 295 Å². The fraction of sp³-hybridized carbons (Fsp3) is 0.314. The lowest BCUT2D eigenvalue weighted by atomic mass is 10.0. The van der Waals surface area contributed by atoms with Crippen molar-refractivity contribution in [2.45, 2.75) is 70.6 Å². The molecule has 5 amide bonds. The molecule has 0 fully saturated rings. The summed E-state index contributed by atoms with van der Waals surface area (Å²) in [4.78, 5) is 103. The van der Waals surface area contributed by atoms with Gasteiger partial charge in [0.15, 0.2) is 0 Å². The second-order valence-electron chi connectivity index (χ2n) is 12.1. The van der Waals surface area contributed by atoms with Crippen molar-refractivity contribution < 1.29 is 48.2 Å². The van der Waals surface area contributed by atoms with Crippen molar-refractivity contribution in [1.82, 2.24) is 26.3 Å². The number of aromatic nitrogens is 1. The summed E-state index contributed by atoms with van der Waals surface area (Å²) in [5, 5.41) is 32.3. The molecule has 52 heavy (non-hydrogen) atoms. The van der Waals surface area contributed by atoms with Crippen molar-refractivity contribution in [3.05, 3.63) is 76.3 Å². The predicted octanol–water partition coefficient (Wildman–Crippen LogP) is 1.08. The number of aryl methyl sites for hydroxylation is 1. The first kappa shape index (κ1) is 38.3. The van der Waals surface area contributed by atoms with Crippen LogP contribution in [0.1, 0.15) is 44.2 Å². The second-order valence-corrected chi connectivity index (χ2v) is 12.1. The number of amides is 5. The third-order valence-corrected chi connectivity index (χ3v) is 8.06. The molecule has 0 radical (unpaired) electrons. The Hall–Kier alpha value is -6.52. The van der Waals surface area contributed by atoms with Gasteiger partial charge in [0.05, 0.1) is 6.42 Å².